The minimum absolute atomic E-state index is 0. The van der Waals surface area contributed by atoms with E-state index >= 15 is 0 Å². The van der Waals surface area contributed by atoms with E-state index in [-0.39, 0.29) is 35.5 Å². The van der Waals surface area contributed by atoms with Gasteiger partial charge in [0.2, 0.25) is 0 Å². The molecule has 0 aromatic carbocycles. The molecule has 0 aromatic rings. The van der Waals surface area contributed by atoms with Gasteiger partial charge in [-0.1, -0.05) is 20.8 Å². The molecule has 138 valence electrons. The highest BCUT2D eigenvalue weighted by atomic mass is 127. The van der Waals surface area contributed by atoms with Crippen molar-refractivity contribution >= 4 is 29.9 Å². The third kappa shape index (κ3) is 8.03. The first kappa shape index (κ1) is 22.9. The van der Waals surface area contributed by atoms with Crippen LogP contribution in [-0.4, -0.2) is 63.5 Å². The molecule has 0 radical (unpaired) electrons. The number of rotatable bonds is 7. The summed E-state index contributed by atoms with van der Waals surface area (Å²) in [4.78, 5) is 7.16. The fourth-order valence-electron chi connectivity index (χ4n) is 2.74. The molecule has 0 amide bonds. The van der Waals surface area contributed by atoms with E-state index in [2.05, 4.69) is 44.8 Å². The second kappa shape index (κ2) is 11.5. The predicted molar refractivity (Wildman–Crippen MR) is 108 cm³/mol. The van der Waals surface area contributed by atoms with Gasteiger partial charge < -0.3 is 19.7 Å². The van der Waals surface area contributed by atoms with E-state index in [1.165, 1.54) is 6.42 Å². The molecule has 1 saturated heterocycles. The first-order chi connectivity index (χ1) is 10.4. The number of nitrogens with one attached hydrogen (secondary N) is 1. The third-order valence-corrected chi connectivity index (χ3v) is 4.14. The summed E-state index contributed by atoms with van der Waals surface area (Å²) in [6, 6.07) is 0. The molecule has 2 unspecified atom stereocenters. The lowest BCUT2D eigenvalue weighted by atomic mass is 9.89. The van der Waals surface area contributed by atoms with E-state index in [0.717, 1.165) is 38.8 Å². The number of hydrogen-bond acceptors (Lipinski definition) is 3. The van der Waals surface area contributed by atoms with Crippen molar-refractivity contribution in [2.45, 2.75) is 47.1 Å². The topological polar surface area (TPSA) is 46.1 Å². The molecule has 0 aliphatic carbocycles. The van der Waals surface area contributed by atoms with Crippen molar-refractivity contribution in [3.05, 3.63) is 0 Å². The Labute approximate surface area is 159 Å². The van der Waals surface area contributed by atoms with Crippen molar-refractivity contribution in [1.82, 2.24) is 10.2 Å². The van der Waals surface area contributed by atoms with E-state index in [1.807, 2.05) is 0 Å². The summed E-state index contributed by atoms with van der Waals surface area (Å²) in [6.07, 6.45) is 1.31. The number of ether oxygens (including phenoxy) is 2. The quantitative estimate of drug-likeness (QED) is 0.375. The summed E-state index contributed by atoms with van der Waals surface area (Å²) in [7, 11) is 1.77. The molecule has 5 nitrogen and oxygen atoms in total. The highest BCUT2D eigenvalue weighted by Crippen LogP contribution is 2.22. The van der Waals surface area contributed by atoms with Crippen LogP contribution < -0.4 is 5.32 Å². The fourth-order valence-corrected chi connectivity index (χ4v) is 2.74. The Hall–Kier alpha value is -0.0800. The molecule has 1 aliphatic rings. The van der Waals surface area contributed by atoms with Gasteiger partial charge in [-0.2, -0.15) is 0 Å². The highest BCUT2D eigenvalue weighted by molar-refractivity contribution is 14.0. The predicted octanol–water partition coefficient (Wildman–Crippen LogP) is 2.99. The van der Waals surface area contributed by atoms with Crippen molar-refractivity contribution in [3.8, 4) is 0 Å². The molecular formula is C17H36IN3O2. The zero-order chi connectivity index (χ0) is 16.6. The van der Waals surface area contributed by atoms with Crippen LogP contribution in [0.25, 0.3) is 0 Å². The molecule has 1 fully saturated rings. The van der Waals surface area contributed by atoms with Crippen LogP contribution in [0.1, 0.15) is 41.0 Å². The van der Waals surface area contributed by atoms with Crippen LogP contribution in [0.2, 0.25) is 0 Å². The number of nitrogens with zero attached hydrogens (tertiary/aromatic N) is 2. The van der Waals surface area contributed by atoms with Gasteiger partial charge in [-0.3, -0.25) is 4.99 Å². The average Bonchev–Trinajstić information content (AvgIpc) is 2.91. The Kier molecular flexibility index (Phi) is 11.4. The van der Waals surface area contributed by atoms with Crippen LogP contribution in [-0.2, 0) is 9.47 Å². The molecule has 0 spiro atoms. The van der Waals surface area contributed by atoms with Gasteiger partial charge in [0.1, 0.15) is 0 Å². The minimum Gasteiger partial charge on any atom is -0.381 e. The maximum atomic E-state index is 5.61. The second-order valence-electron chi connectivity index (χ2n) is 7.05. The average molecular weight is 441 g/mol. The normalized spacial score (nSPS) is 20.3. The number of methoxy groups -OCH3 is 1. The van der Waals surface area contributed by atoms with Crippen LogP contribution in [0.3, 0.4) is 0 Å². The van der Waals surface area contributed by atoms with Crippen LogP contribution >= 0.6 is 24.0 Å². The van der Waals surface area contributed by atoms with Gasteiger partial charge in [0.15, 0.2) is 5.96 Å². The zero-order valence-corrected chi connectivity index (χ0v) is 18.1. The molecule has 1 N–H and O–H groups in total. The first-order valence-electron chi connectivity index (χ1n) is 8.56. The summed E-state index contributed by atoms with van der Waals surface area (Å²) in [5, 5.41) is 3.41. The number of likely N-dealkylation sites (tertiary alicyclic amines) is 1. The Morgan fingerprint density at radius 1 is 1.35 bits per heavy atom. The maximum Gasteiger partial charge on any atom is 0.194 e. The molecule has 0 saturated carbocycles. The smallest absolute Gasteiger partial charge is 0.194 e. The Morgan fingerprint density at radius 3 is 2.57 bits per heavy atom. The first-order valence-corrected chi connectivity index (χ1v) is 8.56. The summed E-state index contributed by atoms with van der Waals surface area (Å²) >= 11 is 0. The van der Waals surface area contributed by atoms with E-state index in [9.17, 15) is 0 Å². The number of halogens is 1. The number of hydrogen-bond donors (Lipinski definition) is 1. The van der Waals surface area contributed by atoms with Crippen molar-refractivity contribution < 1.29 is 9.47 Å². The lowest BCUT2D eigenvalue weighted by molar-refractivity contribution is 0.0240. The molecule has 23 heavy (non-hydrogen) atoms. The summed E-state index contributed by atoms with van der Waals surface area (Å²) < 4.78 is 11.2. The van der Waals surface area contributed by atoms with Crippen LogP contribution in [0, 0.1) is 11.3 Å². The van der Waals surface area contributed by atoms with Crippen molar-refractivity contribution in [2.75, 3.05) is 46.5 Å². The molecule has 1 rings (SSSR count). The standard InChI is InChI=1S/C17H35N3O2.HI/c1-7-18-16(19-11-15(21-6)17(3,4)5)20-10-9-14(12-20)13-22-8-2;/h14-15H,7-13H2,1-6H3,(H,18,19);1H. The van der Waals surface area contributed by atoms with E-state index < -0.39 is 0 Å². The van der Waals surface area contributed by atoms with Crippen molar-refractivity contribution in [2.24, 2.45) is 16.3 Å². The van der Waals surface area contributed by atoms with E-state index in [1.54, 1.807) is 7.11 Å². The fraction of sp³-hybridized carbons (Fsp3) is 0.941. The van der Waals surface area contributed by atoms with Gasteiger partial charge >= 0.3 is 0 Å². The van der Waals surface area contributed by atoms with E-state index in [4.69, 9.17) is 14.5 Å². The van der Waals surface area contributed by atoms with Gasteiger partial charge in [0.25, 0.3) is 0 Å². The lowest BCUT2D eigenvalue weighted by Gasteiger charge is -2.29. The number of guanidine groups is 1. The van der Waals surface area contributed by atoms with Crippen molar-refractivity contribution in [3.63, 3.8) is 0 Å². The summed E-state index contributed by atoms with van der Waals surface area (Å²) in [5.41, 5.74) is 0.0953. The minimum atomic E-state index is 0. The lowest BCUT2D eigenvalue weighted by Crippen LogP contribution is -2.41. The van der Waals surface area contributed by atoms with Crippen molar-refractivity contribution in [1.29, 1.82) is 0 Å². The Balaban J connectivity index is 0.00000484. The molecular weight excluding hydrogens is 405 g/mol. The molecule has 0 bridgehead atoms. The van der Waals surface area contributed by atoms with Gasteiger partial charge in [0.05, 0.1) is 19.3 Å². The molecule has 6 heteroatoms. The molecule has 0 aromatic heterocycles. The van der Waals surface area contributed by atoms with Gasteiger partial charge in [0, 0.05) is 39.3 Å². The van der Waals surface area contributed by atoms with E-state index in [0.29, 0.717) is 12.5 Å². The number of aliphatic imine (C=N–C) groups is 1. The molecule has 1 heterocycles. The Bertz CT molecular complexity index is 345. The summed E-state index contributed by atoms with van der Waals surface area (Å²) in [5.74, 6) is 1.62. The second-order valence-corrected chi connectivity index (χ2v) is 7.05. The van der Waals surface area contributed by atoms with Crippen LogP contribution in [0.5, 0.6) is 0 Å². The van der Waals surface area contributed by atoms with Crippen LogP contribution in [0.4, 0.5) is 0 Å². The summed E-state index contributed by atoms with van der Waals surface area (Å²) in [6.45, 7) is 16.0. The zero-order valence-electron chi connectivity index (χ0n) is 15.7. The van der Waals surface area contributed by atoms with Gasteiger partial charge in [-0.25, -0.2) is 0 Å². The van der Waals surface area contributed by atoms with Crippen LogP contribution in [0.15, 0.2) is 4.99 Å². The van der Waals surface area contributed by atoms with Gasteiger partial charge in [-0.15, -0.1) is 24.0 Å². The SMILES string of the molecule is CCNC(=NCC(OC)C(C)(C)C)N1CCC(COCC)C1.I. The Morgan fingerprint density at radius 2 is 2.04 bits per heavy atom. The maximum absolute atomic E-state index is 5.61. The molecule has 1 aliphatic heterocycles. The van der Waals surface area contributed by atoms with Gasteiger partial charge in [-0.05, 0) is 25.7 Å². The third-order valence-electron chi connectivity index (χ3n) is 4.14. The monoisotopic (exact) mass is 441 g/mol. The largest absolute Gasteiger partial charge is 0.381 e. The molecule has 2 atom stereocenters. The highest BCUT2D eigenvalue weighted by Gasteiger charge is 2.27.